The molecule has 0 aromatic heterocycles. The molecule has 41 heavy (non-hydrogen) atoms. The van der Waals surface area contributed by atoms with Crippen LogP contribution in [0.1, 0.15) is 47.9 Å². The number of benzene rings is 3. The second-order valence-electron chi connectivity index (χ2n) is 10.9. The van der Waals surface area contributed by atoms with Gasteiger partial charge >= 0.3 is 0 Å². The standard InChI is InChI=1S/C32H38FN3O4S/c1-23-13-18-29(19-24(23)2)36(41(3,39)40)22-31(37)35(21-26-14-16-27(33)17-15-26)30(20-25-9-5-4-6-10-25)32(38)34-28-11-7-8-12-28/h4-6,9-10,13-19,28,30H,7-8,11-12,20-22H2,1-3H3,(H,34,38)/t30-/m1/s1. The highest BCUT2D eigenvalue weighted by Crippen LogP contribution is 2.24. The molecule has 0 unspecified atom stereocenters. The fourth-order valence-electron chi connectivity index (χ4n) is 5.20. The molecule has 1 aliphatic carbocycles. The largest absolute Gasteiger partial charge is 0.352 e. The van der Waals surface area contributed by atoms with Crippen molar-refractivity contribution in [2.45, 2.75) is 64.6 Å². The summed E-state index contributed by atoms with van der Waals surface area (Å²) in [5.74, 6) is -1.22. The van der Waals surface area contributed by atoms with Crippen LogP contribution in [0.5, 0.6) is 0 Å². The topological polar surface area (TPSA) is 86.8 Å². The van der Waals surface area contributed by atoms with Crippen molar-refractivity contribution >= 4 is 27.5 Å². The van der Waals surface area contributed by atoms with Crippen molar-refractivity contribution in [3.63, 3.8) is 0 Å². The van der Waals surface area contributed by atoms with Crippen LogP contribution in [0.2, 0.25) is 0 Å². The van der Waals surface area contributed by atoms with E-state index in [0.717, 1.165) is 52.9 Å². The number of halogens is 1. The van der Waals surface area contributed by atoms with Gasteiger partial charge in [0, 0.05) is 19.0 Å². The summed E-state index contributed by atoms with van der Waals surface area (Å²) < 4.78 is 40.7. The van der Waals surface area contributed by atoms with E-state index in [9.17, 15) is 22.4 Å². The van der Waals surface area contributed by atoms with Crippen molar-refractivity contribution in [1.29, 1.82) is 0 Å². The van der Waals surface area contributed by atoms with Gasteiger partial charge in [-0.15, -0.1) is 0 Å². The van der Waals surface area contributed by atoms with Crippen LogP contribution in [-0.2, 0) is 32.6 Å². The van der Waals surface area contributed by atoms with Gasteiger partial charge in [-0.1, -0.05) is 61.4 Å². The summed E-state index contributed by atoms with van der Waals surface area (Å²) in [6.45, 7) is 3.34. The molecule has 3 aromatic carbocycles. The fourth-order valence-corrected chi connectivity index (χ4v) is 6.04. The van der Waals surface area contributed by atoms with Gasteiger partial charge in [0.2, 0.25) is 21.8 Å². The number of carbonyl (C=O) groups is 2. The molecule has 7 nitrogen and oxygen atoms in total. The number of aryl methyl sites for hydroxylation is 2. The Kier molecular flexibility index (Phi) is 9.81. The van der Waals surface area contributed by atoms with Crippen LogP contribution in [0, 0.1) is 19.7 Å². The Bertz CT molecular complexity index is 1460. The zero-order valence-electron chi connectivity index (χ0n) is 23.8. The third-order valence-corrected chi connectivity index (χ3v) is 8.84. The smallest absolute Gasteiger partial charge is 0.244 e. The SMILES string of the molecule is Cc1ccc(N(CC(=O)N(Cc2ccc(F)cc2)[C@H](Cc2ccccc2)C(=O)NC2CCCC2)S(C)(=O)=O)cc1C. The molecular formula is C32H38FN3O4S. The van der Waals surface area contributed by atoms with E-state index >= 15 is 0 Å². The molecule has 218 valence electrons. The van der Waals surface area contributed by atoms with E-state index in [0.29, 0.717) is 11.3 Å². The number of anilines is 1. The predicted octanol–water partition coefficient (Wildman–Crippen LogP) is 4.91. The summed E-state index contributed by atoms with van der Waals surface area (Å²) in [5.41, 5.74) is 3.76. The molecule has 2 amide bonds. The van der Waals surface area contributed by atoms with E-state index in [1.807, 2.05) is 50.2 Å². The number of rotatable bonds is 11. The van der Waals surface area contributed by atoms with Crippen molar-refractivity contribution in [3.05, 3.63) is 101 Å². The van der Waals surface area contributed by atoms with Crippen LogP contribution in [0.25, 0.3) is 0 Å². The third-order valence-electron chi connectivity index (χ3n) is 7.70. The number of sulfonamides is 1. The number of hydrogen-bond acceptors (Lipinski definition) is 4. The number of hydrogen-bond donors (Lipinski definition) is 1. The second kappa shape index (κ2) is 13.3. The van der Waals surface area contributed by atoms with E-state index in [1.54, 1.807) is 24.3 Å². The maximum absolute atomic E-state index is 14.1. The van der Waals surface area contributed by atoms with E-state index in [2.05, 4.69) is 5.32 Å². The monoisotopic (exact) mass is 579 g/mol. The average Bonchev–Trinajstić information content (AvgIpc) is 3.45. The van der Waals surface area contributed by atoms with Crippen molar-refractivity contribution in [2.24, 2.45) is 0 Å². The lowest BCUT2D eigenvalue weighted by molar-refractivity contribution is -0.140. The summed E-state index contributed by atoms with van der Waals surface area (Å²) in [6.07, 6.45) is 5.13. The Balaban J connectivity index is 1.72. The summed E-state index contributed by atoms with van der Waals surface area (Å²) >= 11 is 0. The Labute approximate surface area is 242 Å². The molecular weight excluding hydrogens is 541 g/mol. The minimum atomic E-state index is -3.84. The van der Waals surface area contributed by atoms with Gasteiger partial charge in [-0.25, -0.2) is 12.8 Å². The Morgan fingerprint density at radius 1 is 0.927 bits per heavy atom. The highest BCUT2D eigenvalue weighted by atomic mass is 32.2. The maximum atomic E-state index is 14.1. The van der Waals surface area contributed by atoms with E-state index in [1.165, 1.54) is 17.0 Å². The molecule has 0 saturated heterocycles. The van der Waals surface area contributed by atoms with Gasteiger partial charge in [0.05, 0.1) is 11.9 Å². The number of amides is 2. The first-order valence-corrected chi connectivity index (χ1v) is 15.8. The molecule has 3 aromatic rings. The molecule has 0 bridgehead atoms. The number of nitrogens with one attached hydrogen (secondary N) is 1. The molecule has 1 fully saturated rings. The molecule has 0 aliphatic heterocycles. The summed E-state index contributed by atoms with van der Waals surface area (Å²) in [4.78, 5) is 29.4. The van der Waals surface area contributed by atoms with Gasteiger partial charge in [-0.3, -0.25) is 13.9 Å². The van der Waals surface area contributed by atoms with Gasteiger partial charge in [0.25, 0.3) is 0 Å². The van der Waals surface area contributed by atoms with Gasteiger partial charge in [0.15, 0.2) is 0 Å². The van der Waals surface area contributed by atoms with Crippen molar-refractivity contribution in [3.8, 4) is 0 Å². The van der Waals surface area contributed by atoms with Gasteiger partial charge < -0.3 is 10.2 Å². The molecule has 4 rings (SSSR count). The highest BCUT2D eigenvalue weighted by Gasteiger charge is 2.34. The predicted molar refractivity (Wildman–Crippen MR) is 159 cm³/mol. The molecule has 1 N–H and O–H groups in total. The minimum absolute atomic E-state index is 0.0131. The van der Waals surface area contributed by atoms with Crippen LogP contribution in [0.3, 0.4) is 0 Å². The van der Waals surface area contributed by atoms with E-state index in [4.69, 9.17) is 0 Å². The van der Waals surface area contributed by atoms with Crippen LogP contribution in [0.15, 0.2) is 72.8 Å². The van der Waals surface area contributed by atoms with Crippen molar-refractivity contribution < 1.29 is 22.4 Å². The zero-order chi connectivity index (χ0) is 29.6. The van der Waals surface area contributed by atoms with Crippen LogP contribution < -0.4 is 9.62 Å². The van der Waals surface area contributed by atoms with Gasteiger partial charge in [-0.05, 0) is 73.2 Å². The first-order chi connectivity index (χ1) is 19.5. The molecule has 1 atom stereocenters. The Hall–Kier alpha value is -3.72. The molecule has 0 spiro atoms. The number of nitrogens with zero attached hydrogens (tertiary/aromatic N) is 2. The van der Waals surface area contributed by atoms with Crippen molar-refractivity contribution in [2.75, 3.05) is 17.1 Å². The summed E-state index contributed by atoms with van der Waals surface area (Å²) in [5, 5.41) is 3.13. The van der Waals surface area contributed by atoms with Gasteiger partial charge in [-0.2, -0.15) is 0 Å². The van der Waals surface area contributed by atoms with Crippen molar-refractivity contribution in [1.82, 2.24) is 10.2 Å². The molecule has 1 saturated carbocycles. The lowest BCUT2D eigenvalue weighted by Gasteiger charge is -2.34. The fraction of sp³-hybridized carbons (Fsp3) is 0.375. The average molecular weight is 580 g/mol. The van der Waals surface area contributed by atoms with E-state index in [-0.39, 0.29) is 24.9 Å². The summed E-state index contributed by atoms with van der Waals surface area (Å²) in [7, 11) is -3.84. The highest BCUT2D eigenvalue weighted by molar-refractivity contribution is 7.92. The third kappa shape index (κ3) is 8.16. The Morgan fingerprint density at radius 2 is 1.59 bits per heavy atom. The maximum Gasteiger partial charge on any atom is 0.244 e. The first kappa shape index (κ1) is 30.2. The number of carbonyl (C=O) groups excluding carboxylic acids is 2. The van der Waals surface area contributed by atoms with Gasteiger partial charge in [0.1, 0.15) is 18.4 Å². The van der Waals surface area contributed by atoms with Crippen LogP contribution in [-0.4, -0.2) is 50.0 Å². The molecule has 1 aliphatic rings. The Morgan fingerprint density at radius 3 is 2.20 bits per heavy atom. The first-order valence-electron chi connectivity index (χ1n) is 13.9. The summed E-state index contributed by atoms with van der Waals surface area (Å²) in [6, 6.07) is 19.5. The minimum Gasteiger partial charge on any atom is -0.352 e. The van der Waals surface area contributed by atoms with Crippen LogP contribution >= 0.6 is 0 Å². The van der Waals surface area contributed by atoms with E-state index < -0.39 is 34.3 Å². The quantitative estimate of drug-likeness (QED) is 0.350. The molecule has 9 heteroatoms. The second-order valence-corrected chi connectivity index (χ2v) is 12.8. The lowest BCUT2D eigenvalue weighted by Crippen LogP contribution is -2.54. The molecule has 0 radical (unpaired) electrons. The van der Waals surface area contributed by atoms with Crippen LogP contribution in [0.4, 0.5) is 10.1 Å². The normalized spacial score (nSPS) is 14.4. The molecule has 0 heterocycles. The lowest BCUT2D eigenvalue weighted by atomic mass is 10.0. The zero-order valence-corrected chi connectivity index (χ0v) is 24.7.